The Bertz CT molecular complexity index is 713. The zero-order chi connectivity index (χ0) is 16.9. The highest BCUT2D eigenvalue weighted by molar-refractivity contribution is 7.16. The highest BCUT2D eigenvalue weighted by atomic mass is 35.5. The number of thiophene rings is 1. The molecule has 0 amide bonds. The summed E-state index contributed by atoms with van der Waals surface area (Å²) in [5, 5.41) is 24.9. The average Bonchev–Trinajstić information content (AvgIpc) is 3.27. The first kappa shape index (κ1) is 17.2. The van der Waals surface area contributed by atoms with Gasteiger partial charge in [0.1, 0.15) is 18.5 Å². The van der Waals surface area contributed by atoms with Crippen LogP contribution in [0.4, 0.5) is 0 Å². The first-order valence-electron chi connectivity index (χ1n) is 8.03. The fourth-order valence-corrected chi connectivity index (χ4v) is 3.67. The highest BCUT2D eigenvalue weighted by Gasteiger charge is 2.17. The molecule has 0 fully saturated rings. The maximum absolute atomic E-state index is 10.2. The first-order valence-corrected chi connectivity index (χ1v) is 9.23. The molecular weight excluding hydrogens is 348 g/mol. The van der Waals surface area contributed by atoms with E-state index in [1.54, 1.807) is 6.07 Å². The van der Waals surface area contributed by atoms with Crippen molar-refractivity contribution in [3.63, 3.8) is 0 Å². The number of rotatable bonds is 6. The van der Waals surface area contributed by atoms with Crippen molar-refractivity contribution in [2.45, 2.75) is 39.0 Å². The third-order valence-corrected chi connectivity index (χ3v) is 5.13. The fourth-order valence-electron chi connectivity index (χ4n) is 2.62. The molecule has 0 aromatic carbocycles. The zero-order valence-electron chi connectivity index (χ0n) is 13.5. The van der Waals surface area contributed by atoms with Crippen LogP contribution in [-0.2, 0) is 19.5 Å². The van der Waals surface area contributed by atoms with Crippen molar-refractivity contribution in [2.75, 3.05) is 13.1 Å². The molecule has 1 atom stereocenters. The molecule has 0 spiro atoms. The van der Waals surface area contributed by atoms with E-state index in [4.69, 9.17) is 11.6 Å². The summed E-state index contributed by atoms with van der Waals surface area (Å²) in [6, 6.07) is 3.62. The van der Waals surface area contributed by atoms with Crippen LogP contribution in [0.2, 0.25) is 4.34 Å². The second-order valence-corrected chi connectivity index (χ2v) is 7.27. The summed E-state index contributed by atoms with van der Waals surface area (Å²) in [6.07, 6.45) is 1.49. The Labute approximate surface area is 149 Å². The minimum atomic E-state index is -0.622. The monoisotopic (exact) mass is 368 g/mol. The number of guanidine groups is 1. The van der Waals surface area contributed by atoms with Crippen LogP contribution in [0.15, 0.2) is 17.1 Å². The van der Waals surface area contributed by atoms with E-state index in [9.17, 15) is 5.11 Å². The minimum absolute atomic E-state index is 0.362. The van der Waals surface area contributed by atoms with Gasteiger partial charge in [-0.3, -0.25) is 0 Å². The summed E-state index contributed by atoms with van der Waals surface area (Å²) in [5.41, 5.74) is 0. The van der Waals surface area contributed by atoms with Crippen molar-refractivity contribution in [1.82, 2.24) is 25.4 Å². The number of fused-ring (bicyclic) bond motifs is 1. The Morgan fingerprint density at radius 3 is 3.08 bits per heavy atom. The van der Waals surface area contributed by atoms with Gasteiger partial charge in [0.25, 0.3) is 0 Å². The number of nitrogens with one attached hydrogen (secondary N) is 2. The minimum Gasteiger partial charge on any atom is -0.386 e. The lowest BCUT2D eigenvalue weighted by Crippen LogP contribution is -2.39. The number of aliphatic imine (C=N–C) groups is 1. The molecule has 0 saturated heterocycles. The molecule has 2 aromatic rings. The Balaban J connectivity index is 1.59. The van der Waals surface area contributed by atoms with Crippen molar-refractivity contribution < 1.29 is 5.11 Å². The summed E-state index contributed by atoms with van der Waals surface area (Å²) in [5.74, 6) is 2.57. The standard InChI is InChI=1S/C15H21ClN6OS/c1-2-17-15(18-8-10(23)11-5-6-12(16)24-11)19-9-14-21-20-13-4-3-7-22(13)14/h5-6,10,23H,2-4,7-9H2,1H3,(H2,17,18,19). The lowest BCUT2D eigenvalue weighted by Gasteiger charge is -2.14. The SMILES string of the molecule is CCNC(=NCc1nnc2n1CCC2)NCC(O)c1ccc(Cl)s1. The number of aromatic nitrogens is 3. The Hall–Kier alpha value is -1.64. The first-order chi connectivity index (χ1) is 11.7. The molecule has 7 nitrogen and oxygen atoms in total. The molecule has 2 aromatic heterocycles. The van der Waals surface area contributed by atoms with E-state index in [0.717, 1.165) is 42.5 Å². The van der Waals surface area contributed by atoms with Crippen LogP contribution in [0.5, 0.6) is 0 Å². The lowest BCUT2D eigenvalue weighted by atomic mass is 10.3. The van der Waals surface area contributed by atoms with E-state index in [1.165, 1.54) is 11.3 Å². The number of nitrogens with zero attached hydrogens (tertiary/aromatic N) is 4. The van der Waals surface area contributed by atoms with E-state index >= 15 is 0 Å². The van der Waals surface area contributed by atoms with Gasteiger partial charge in [0, 0.05) is 30.9 Å². The van der Waals surface area contributed by atoms with Crippen molar-refractivity contribution in [1.29, 1.82) is 0 Å². The molecule has 1 aliphatic rings. The predicted octanol–water partition coefficient (Wildman–Crippen LogP) is 1.73. The molecule has 3 N–H and O–H groups in total. The van der Waals surface area contributed by atoms with Crippen LogP contribution >= 0.6 is 22.9 Å². The summed E-state index contributed by atoms with van der Waals surface area (Å²) in [6.45, 7) is 4.53. The molecule has 0 saturated carbocycles. The van der Waals surface area contributed by atoms with Gasteiger partial charge in [-0.15, -0.1) is 21.5 Å². The van der Waals surface area contributed by atoms with Crippen molar-refractivity contribution in [2.24, 2.45) is 4.99 Å². The molecule has 130 valence electrons. The van der Waals surface area contributed by atoms with Crippen LogP contribution in [0.3, 0.4) is 0 Å². The summed E-state index contributed by atoms with van der Waals surface area (Å²) in [4.78, 5) is 5.37. The second-order valence-electron chi connectivity index (χ2n) is 5.52. The van der Waals surface area contributed by atoms with E-state index in [0.29, 0.717) is 23.4 Å². The maximum atomic E-state index is 10.2. The lowest BCUT2D eigenvalue weighted by molar-refractivity contribution is 0.184. The van der Waals surface area contributed by atoms with Gasteiger partial charge in [0.05, 0.1) is 4.34 Å². The van der Waals surface area contributed by atoms with E-state index < -0.39 is 6.10 Å². The fraction of sp³-hybridized carbons (Fsp3) is 0.533. The van der Waals surface area contributed by atoms with Crippen LogP contribution in [0.1, 0.15) is 36.0 Å². The Morgan fingerprint density at radius 2 is 2.33 bits per heavy atom. The predicted molar refractivity (Wildman–Crippen MR) is 95.5 cm³/mol. The Morgan fingerprint density at radius 1 is 1.46 bits per heavy atom. The molecule has 1 aliphatic heterocycles. The van der Waals surface area contributed by atoms with E-state index in [-0.39, 0.29) is 0 Å². The third kappa shape index (κ3) is 4.06. The van der Waals surface area contributed by atoms with Gasteiger partial charge in [-0.2, -0.15) is 0 Å². The molecule has 3 heterocycles. The molecule has 1 unspecified atom stereocenters. The normalized spacial score (nSPS) is 15.4. The molecular formula is C15H21ClN6OS. The van der Waals surface area contributed by atoms with Crippen LogP contribution in [-0.4, -0.2) is 38.9 Å². The van der Waals surface area contributed by atoms with Gasteiger partial charge < -0.3 is 20.3 Å². The van der Waals surface area contributed by atoms with E-state index in [2.05, 4.69) is 30.4 Å². The van der Waals surface area contributed by atoms with Gasteiger partial charge in [-0.05, 0) is 25.5 Å². The number of halogens is 1. The van der Waals surface area contributed by atoms with Gasteiger partial charge in [-0.1, -0.05) is 11.6 Å². The number of aliphatic hydroxyl groups is 1. The number of hydrogen-bond acceptors (Lipinski definition) is 5. The number of aliphatic hydroxyl groups excluding tert-OH is 1. The second kappa shape index (κ2) is 7.96. The van der Waals surface area contributed by atoms with Gasteiger partial charge in [0.15, 0.2) is 11.8 Å². The number of hydrogen-bond donors (Lipinski definition) is 3. The van der Waals surface area contributed by atoms with Crippen molar-refractivity contribution in [3.05, 3.63) is 33.0 Å². The van der Waals surface area contributed by atoms with Gasteiger partial charge >= 0.3 is 0 Å². The van der Waals surface area contributed by atoms with Gasteiger partial charge in [0.2, 0.25) is 0 Å². The zero-order valence-corrected chi connectivity index (χ0v) is 15.1. The topological polar surface area (TPSA) is 87.4 Å². The smallest absolute Gasteiger partial charge is 0.191 e. The summed E-state index contributed by atoms with van der Waals surface area (Å²) < 4.78 is 2.81. The van der Waals surface area contributed by atoms with Crippen molar-refractivity contribution in [3.8, 4) is 0 Å². The van der Waals surface area contributed by atoms with Crippen LogP contribution in [0.25, 0.3) is 0 Å². The largest absolute Gasteiger partial charge is 0.386 e. The third-order valence-electron chi connectivity index (χ3n) is 3.79. The average molecular weight is 369 g/mol. The quantitative estimate of drug-likeness (QED) is 0.534. The molecule has 3 rings (SSSR count). The van der Waals surface area contributed by atoms with Crippen LogP contribution in [0, 0.1) is 0 Å². The summed E-state index contributed by atoms with van der Waals surface area (Å²) in [7, 11) is 0. The summed E-state index contributed by atoms with van der Waals surface area (Å²) >= 11 is 7.29. The number of aryl methyl sites for hydroxylation is 1. The molecule has 0 bridgehead atoms. The van der Waals surface area contributed by atoms with Gasteiger partial charge in [-0.25, -0.2) is 4.99 Å². The molecule has 0 radical (unpaired) electrons. The van der Waals surface area contributed by atoms with Crippen LogP contribution < -0.4 is 10.6 Å². The molecule has 24 heavy (non-hydrogen) atoms. The highest BCUT2D eigenvalue weighted by Crippen LogP contribution is 2.26. The Kier molecular flexibility index (Phi) is 5.70. The molecule has 9 heteroatoms. The maximum Gasteiger partial charge on any atom is 0.191 e. The molecule has 0 aliphatic carbocycles. The van der Waals surface area contributed by atoms with E-state index in [1.807, 2.05) is 13.0 Å². The van der Waals surface area contributed by atoms with Crippen molar-refractivity contribution >= 4 is 28.9 Å².